The van der Waals surface area contributed by atoms with Crippen molar-refractivity contribution in [1.82, 2.24) is 0 Å². The van der Waals surface area contributed by atoms with Gasteiger partial charge in [0.2, 0.25) is 11.8 Å². The van der Waals surface area contributed by atoms with Crippen molar-refractivity contribution >= 4 is 79.8 Å². The van der Waals surface area contributed by atoms with Crippen LogP contribution in [0.1, 0.15) is 13.8 Å². The first-order valence-corrected chi connectivity index (χ1v) is 12.6. The highest BCUT2D eigenvalue weighted by molar-refractivity contribution is 8.28. The van der Waals surface area contributed by atoms with Gasteiger partial charge in [0, 0.05) is 0 Å². The van der Waals surface area contributed by atoms with Crippen LogP contribution in [0, 0.1) is 0 Å². The molecule has 0 aliphatic carbocycles. The highest BCUT2D eigenvalue weighted by Crippen LogP contribution is 2.45. The van der Waals surface area contributed by atoms with Crippen LogP contribution < -0.4 is 19.3 Å². The molecule has 4 rings (SSSR count). The highest BCUT2D eigenvalue weighted by Gasteiger charge is 2.52. The van der Waals surface area contributed by atoms with E-state index in [0.29, 0.717) is 44.7 Å². The molecule has 0 aromatic heterocycles. The van der Waals surface area contributed by atoms with E-state index in [1.807, 2.05) is 38.1 Å². The lowest BCUT2D eigenvalue weighted by molar-refractivity contribution is -0.121. The van der Waals surface area contributed by atoms with Gasteiger partial charge in [0.15, 0.2) is 0 Å². The van der Waals surface area contributed by atoms with Gasteiger partial charge in [-0.2, -0.15) is 0 Å². The van der Waals surface area contributed by atoms with Gasteiger partial charge in [-0.05, 0) is 38.1 Å². The summed E-state index contributed by atoms with van der Waals surface area (Å²) in [5.41, 5.74) is 1.16. The van der Waals surface area contributed by atoms with Crippen LogP contribution in [0.3, 0.4) is 0 Å². The number of hydrogen-bond donors (Lipinski definition) is 0. The number of benzene rings is 2. The Balaban J connectivity index is 1.62. The van der Waals surface area contributed by atoms with E-state index in [4.69, 9.17) is 33.9 Å². The second-order valence-electron chi connectivity index (χ2n) is 6.76. The Morgan fingerprint density at radius 1 is 0.750 bits per heavy atom. The Morgan fingerprint density at radius 2 is 1.12 bits per heavy atom. The van der Waals surface area contributed by atoms with Crippen molar-refractivity contribution in [3.05, 3.63) is 48.5 Å². The lowest BCUT2D eigenvalue weighted by Crippen LogP contribution is -2.40. The maximum atomic E-state index is 13.4. The smallest absolute Gasteiger partial charge is 0.247 e. The molecule has 2 saturated heterocycles. The lowest BCUT2D eigenvalue weighted by atomic mass is 10.2. The fourth-order valence-corrected chi connectivity index (χ4v) is 6.76. The summed E-state index contributed by atoms with van der Waals surface area (Å²) in [7, 11) is 0. The fourth-order valence-electron chi connectivity index (χ4n) is 3.51. The molecule has 0 spiro atoms. The first-order valence-electron chi connectivity index (χ1n) is 10.0. The minimum Gasteiger partial charge on any atom is -0.492 e. The quantitative estimate of drug-likeness (QED) is 0.505. The SMILES string of the molecule is CCOc1ccccc1N1C(=O)[C@H]([C@@H]2SC(=S)N(c3ccccc3OCC)C2=O)SC1=S. The highest BCUT2D eigenvalue weighted by atomic mass is 32.2. The van der Waals surface area contributed by atoms with Crippen molar-refractivity contribution in [2.75, 3.05) is 23.0 Å². The molecule has 2 atom stereocenters. The molecule has 0 N–H and O–H groups in total. The second kappa shape index (κ2) is 9.78. The van der Waals surface area contributed by atoms with Gasteiger partial charge in [0.25, 0.3) is 0 Å². The Morgan fingerprint density at radius 3 is 1.50 bits per heavy atom. The Kier molecular flexibility index (Phi) is 7.04. The zero-order chi connectivity index (χ0) is 22.8. The standard InChI is InChI=1S/C22H20N2O4S4/c1-3-27-15-11-7-5-9-13(15)23-19(25)17(31-21(23)29)18-20(26)24(22(30)32-18)14-10-6-8-12-16(14)28-4-2/h5-12,17-18H,3-4H2,1-2H3/t17-,18-/m0/s1. The average molecular weight is 505 g/mol. The van der Waals surface area contributed by atoms with Gasteiger partial charge in [-0.3, -0.25) is 19.4 Å². The van der Waals surface area contributed by atoms with Crippen LogP contribution in [-0.2, 0) is 9.59 Å². The van der Waals surface area contributed by atoms with Gasteiger partial charge >= 0.3 is 0 Å². The zero-order valence-corrected chi connectivity index (χ0v) is 20.6. The molecule has 32 heavy (non-hydrogen) atoms. The van der Waals surface area contributed by atoms with E-state index in [1.54, 1.807) is 24.3 Å². The van der Waals surface area contributed by atoms with Crippen molar-refractivity contribution in [3.63, 3.8) is 0 Å². The van der Waals surface area contributed by atoms with Crippen molar-refractivity contribution in [3.8, 4) is 11.5 Å². The summed E-state index contributed by atoms with van der Waals surface area (Å²) in [5, 5.41) is -1.37. The van der Waals surface area contributed by atoms with Gasteiger partial charge in [-0.1, -0.05) is 72.2 Å². The Labute approximate surface area is 205 Å². The van der Waals surface area contributed by atoms with Crippen LogP contribution >= 0.6 is 48.0 Å². The van der Waals surface area contributed by atoms with Crippen LogP contribution in [0.4, 0.5) is 11.4 Å². The number of nitrogens with zero attached hydrogens (tertiary/aromatic N) is 2. The zero-order valence-electron chi connectivity index (χ0n) is 17.3. The summed E-state index contributed by atoms with van der Waals surface area (Å²) < 4.78 is 12.1. The van der Waals surface area contributed by atoms with Crippen LogP contribution in [0.2, 0.25) is 0 Å². The normalized spacial score (nSPS) is 20.9. The van der Waals surface area contributed by atoms with E-state index in [9.17, 15) is 9.59 Å². The molecule has 0 saturated carbocycles. The number of para-hydroxylation sites is 4. The molecule has 2 aromatic rings. The Hall–Kier alpha value is -2.14. The third-order valence-corrected chi connectivity index (χ3v) is 8.17. The maximum Gasteiger partial charge on any atom is 0.247 e. The average Bonchev–Trinajstić information content (AvgIpc) is 3.24. The van der Waals surface area contributed by atoms with Gasteiger partial charge in [-0.25, -0.2) is 0 Å². The van der Waals surface area contributed by atoms with E-state index in [-0.39, 0.29) is 11.8 Å². The molecule has 2 aliphatic heterocycles. The molecule has 0 unspecified atom stereocenters. The van der Waals surface area contributed by atoms with Crippen LogP contribution in [0.15, 0.2) is 48.5 Å². The summed E-state index contributed by atoms with van der Waals surface area (Å²) in [5.74, 6) is 0.641. The minimum absolute atomic E-state index is 0.249. The second-order valence-corrected chi connectivity index (χ2v) is 10.3. The number of rotatable bonds is 7. The largest absolute Gasteiger partial charge is 0.492 e. The van der Waals surface area contributed by atoms with E-state index in [2.05, 4.69) is 0 Å². The number of thioether (sulfide) groups is 2. The topological polar surface area (TPSA) is 59.1 Å². The predicted molar refractivity (Wildman–Crippen MR) is 138 cm³/mol. The fraction of sp³-hybridized carbons (Fsp3) is 0.273. The molecule has 2 amide bonds. The molecule has 6 nitrogen and oxygen atoms in total. The maximum absolute atomic E-state index is 13.4. The Bertz CT molecular complexity index is 1010. The van der Waals surface area contributed by atoms with Crippen LogP contribution in [0.5, 0.6) is 11.5 Å². The van der Waals surface area contributed by atoms with Gasteiger partial charge in [-0.15, -0.1) is 0 Å². The molecule has 166 valence electrons. The summed E-state index contributed by atoms with van der Waals surface area (Å²) >= 11 is 13.5. The summed E-state index contributed by atoms with van der Waals surface area (Å²) in [6.45, 7) is 4.67. The lowest BCUT2D eigenvalue weighted by Gasteiger charge is -2.21. The number of anilines is 2. The van der Waals surface area contributed by atoms with E-state index >= 15 is 0 Å². The van der Waals surface area contributed by atoms with Crippen molar-refractivity contribution in [2.24, 2.45) is 0 Å². The molecular weight excluding hydrogens is 485 g/mol. The first-order chi connectivity index (χ1) is 15.5. The third-order valence-electron chi connectivity index (χ3n) is 4.84. The predicted octanol–water partition coefficient (Wildman–Crippen LogP) is 4.65. The molecule has 2 aliphatic rings. The molecule has 2 aromatic carbocycles. The summed E-state index contributed by atoms with van der Waals surface area (Å²) in [4.78, 5) is 29.8. The molecule has 2 heterocycles. The van der Waals surface area contributed by atoms with Crippen molar-refractivity contribution in [2.45, 2.75) is 24.3 Å². The van der Waals surface area contributed by atoms with E-state index in [1.165, 1.54) is 33.3 Å². The number of thiocarbonyl (C=S) groups is 2. The molecular formula is C22H20N2O4S4. The number of hydrogen-bond acceptors (Lipinski definition) is 8. The van der Waals surface area contributed by atoms with Gasteiger partial charge in [0.1, 0.15) is 30.6 Å². The summed E-state index contributed by atoms with van der Waals surface area (Å²) in [6.07, 6.45) is 0. The van der Waals surface area contributed by atoms with E-state index in [0.717, 1.165) is 0 Å². The van der Waals surface area contributed by atoms with Crippen LogP contribution in [-0.4, -0.2) is 44.2 Å². The molecule has 0 radical (unpaired) electrons. The molecule has 0 bridgehead atoms. The summed E-state index contributed by atoms with van der Waals surface area (Å²) in [6, 6.07) is 14.5. The number of carbonyl (C=O) groups is 2. The third kappa shape index (κ3) is 4.12. The first kappa shape index (κ1) is 23.0. The molecule has 10 heteroatoms. The van der Waals surface area contributed by atoms with Gasteiger partial charge in [0.05, 0.1) is 24.6 Å². The van der Waals surface area contributed by atoms with Crippen molar-refractivity contribution in [1.29, 1.82) is 0 Å². The monoisotopic (exact) mass is 504 g/mol. The van der Waals surface area contributed by atoms with E-state index < -0.39 is 10.5 Å². The van der Waals surface area contributed by atoms with Gasteiger partial charge < -0.3 is 9.47 Å². The number of carbonyl (C=O) groups excluding carboxylic acids is 2. The molecule has 2 fully saturated rings. The van der Waals surface area contributed by atoms with Crippen molar-refractivity contribution < 1.29 is 19.1 Å². The van der Waals surface area contributed by atoms with Crippen LogP contribution in [0.25, 0.3) is 0 Å². The number of amides is 2. The minimum atomic E-state index is -0.683. The number of ether oxygens (including phenoxy) is 2.